The number of hydrogen-bond acceptors (Lipinski definition) is 2. The second-order valence-electron chi connectivity index (χ2n) is 7.69. The third-order valence-electron chi connectivity index (χ3n) is 5.04. The van der Waals surface area contributed by atoms with Crippen LogP contribution in [-0.4, -0.2) is 30.4 Å². The fraction of sp³-hybridized carbons (Fsp3) is 0.667. The standard InChI is InChI=1S/C21H34N2O.ClH/c1-17(2)16-18-9-11-19(12-10-18)20(21(22)24)8-4-7-15-23-13-5-3-6-14-23;/h9-12,17,20H,3-8,13-16H2,1-2H3,(H2,22,24);1H/t20-;/m1./s1. The van der Waals surface area contributed by atoms with Crippen molar-refractivity contribution in [3.63, 3.8) is 0 Å². The smallest absolute Gasteiger partial charge is 0.224 e. The third-order valence-corrected chi connectivity index (χ3v) is 5.04. The van der Waals surface area contributed by atoms with Crippen molar-refractivity contribution in [2.24, 2.45) is 11.7 Å². The van der Waals surface area contributed by atoms with Gasteiger partial charge in [0, 0.05) is 0 Å². The number of nitrogens with zero attached hydrogens (tertiary/aromatic N) is 1. The Kier molecular flexibility index (Phi) is 10.1. The van der Waals surface area contributed by atoms with Gasteiger partial charge in [0.05, 0.1) is 5.92 Å². The monoisotopic (exact) mass is 366 g/mol. The van der Waals surface area contributed by atoms with Gasteiger partial charge in [-0.2, -0.15) is 0 Å². The van der Waals surface area contributed by atoms with Crippen LogP contribution in [0.15, 0.2) is 24.3 Å². The third kappa shape index (κ3) is 7.79. The van der Waals surface area contributed by atoms with Gasteiger partial charge in [0.1, 0.15) is 0 Å². The lowest BCUT2D eigenvalue weighted by molar-refractivity contribution is -0.119. The van der Waals surface area contributed by atoms with Gasteiger partial charge < -0.3 is 10.6 Å². The van der Waals surface area contributed by atoms with Crippen molar-refractivity contribution in [3.8, 4) is 0 Å². The number of nitrogens with two attached hydrogens (primary N) is 1. The van der Waals surface area contributed by atoms with Crippen LogP contribution in [0.25, 0.3) is 0 Å². The molecular weight excluding hydrogens is 332 g/mol. The summed E-state index contributed by atoms with van der Waals surface area (Å²) in [5, 5.41) is 0. The molecule has 25 heavy (non-hydrogen) atoms. The Balaban J connectivity index is 0.00000312. The molecule has 0 radical (unpaired) electrons. The van der Waals surface area contributed by atoms with Crippen molar-refractivity contribution in [2.45, 2.75) is 64.7 Å². The summed E-state index contributed by atoms with van der Waals surface area (Å²) in [6.07, 6.45) is 8.24. The van der Waals surface area contributed by atoms with Gasteiger partial charge in [0.25, 0.3) is 0 Å². The molecule has 1 aromatic carbocycles. The second kappa shape index (κ2) is 11.5. The summed E-state index contributed by atoms with van der Waals surface area (Å²) < 4.78 is 0. The highest BCUT2D eigenvalue weighted by atomic mass is 35.5. The number of unbranched alkanes of at least 4 members (excludes halogenated alkanes) is 1. The van der Waals surface area contributed by atoms with E-state index in [0.717, 1.165) is 31.2 Å². The first-order valence-electron chi connectivity index (χ1n) is 9.66. The fourth-order valence-electron chi connectivity index (χ4n) is 3.70. The van der Waals surface area contributed by atoms with Gasteiger partial charge in [-0.1, -0.05) is 51.0 Å². The minimum Gasteiger partial charge on any atom is -0.369 e. The van der Waals surface area contributed by atoms with Crippen LogP contribution >= 0.6 is 12.4 Å². The van der Waals surface area contributed by atoms with Crippen LogP contribution in [0.5, 0.6) is 0 Å². The van der Waals surface area contributed by atoms with Crippen LogP contribution in [0.1, 0.15) is 69.4 Å². The maximum Gasteiger partial charge on any atom is 0.224 e. The molecule has 1 atom stereocenters. The topological polar surface area (TPSA) is 46.3 Å². The average molecular weight is 367 g/mol. The highest BCUT2D eigenvalue weighted by molar-refractivity contribution is 5.85. The van der Waals surface area contributed by atoms with Crippen LogP contribution < -0.4 is 5.73 Å². The van der Waals surface area contributed by atoms with Crippen molar-refractivity contribution in [1.82, 2.24) is 4.90 Å². The molecule has 2 N–H and O–H groups in total. The number of amides is 1. The summed E-state index contributed by atoms with van der Waals surface area (Å²) in [5.41, 5.74) is 8.08. The maximum atomic E-state index is 11.9. The zero-order valence-electron chi connectivity index (χ0n) is 15.9. The molecule has 0 saturated carbocycles. The Hall–Kier alpha value is -1.06. The molecule has 1 aromatic rings. The Bertz CT molecular complexity index is 495. The lowest BCUT2D eigenvalue weighted by Gasteiger charge is -2.26. The molecule has 0 unspecified atom stereocenters. The molecule has 0 spiro atoms. The molecule has 1 saturated heterocycles. The van der Waals surface area contributed by atoms with E-state index in [-0.39, 0.29) is 24.2 Å². The molecule has 3 nitrogen and oxygen atoms in total. The van der Waals surface area contributed by atoms with E-state index < -0.39 is 0 Å². The van der Waals surface area contributed by atoms with Crippen LogP contribution in [-0.2, 0) is 11.2 Å². The van der Waals surface area contributed by atoms with E-state index in [9.17, 15) is 4.79 Å². The number of likely N-dealkylation sites (tertiary alicyclic amines) is 1. The van der Waals surface area contributed by atoms with E-state index in [1.165, 1.54) is 44.5 Å². The highest BCUT2D eigenvalue weighted by Crippen LogP contribution is 2.23. The quantitative estimate of drug-likeness (QED) is 0.652. The van der Waals surface area contributed by atoms with Gasteiger partial charge in [-0.05, 0) is 68.8 Å². The molecule has 1 aliphatic heterocycles. The van der Waals surface area contributed by atoms with Crippen LogP contribution in [0.2, 0.25) is 0 Å². The predicted molar refractivity (Wildman–Crippen MR) is 108 cm³/mol. The molecule has 2 rings (SSSR count). The summed E-state index contributed by atoms with van der Waals surface area (Å²) >= 11 is 0. The van der Waals surface area contributed by atoms with Gasteiger partial charge in [-0.25, -0.2) is 0 Å². The molecule has 0 aliphatic carbocycles. The zero-order valence-corrected chi connectivity index (χ0v) is 16.7. The Morgan fingerprint density at radius 3 is 2.28 bits per heavy atom. The summed E-state index contributed by atoms with van der Waals surface area (Å²) in [4.78, 5) is 14.4. The number of hydrogen-bond donors (Lipinski definition) is 1. The minimum absolute atomic E-state index is 0. The molecular formula is C21H35ClN2O. The molecule has 0 aromatic heterocycles. The molecule has 4 heteroatoms. The van der Waals surface area contributed by atoms with Gasteiger partial charge in [0.2, 0.25) is 5.91 Å². The zero-order chi connectivity index (χ0) is 17.4. The first-order valence-corrected chi connectivity index (χ1v) is 9.66. The predicted octanol–water partition coefficient (Wildman–Crippen LogP) is 4.53. The first kappa shape index (κ1) is 22.0. The van der Waals surface area contributed by atoms with Crippen molar-refractivity contribution in [2.75, 3.05) is 19.6 Å². The molecule has 0 bridgehead atoms. The highest BCUT2D eigenvalue weighted by Gasteiger charge is 2.18. The van der Waals surface area contributed by atoms with Crippen molar-refractivity contribution >= 4 is 18.3 Å². The number of halogens is 1. The number of carbonyl (C=O) groups is 1. The van der Waals surface area contributed by atoms with Gasteiger partial charge >= 0.3 is 0 Å². The summed E-state index contributed by atoms with van der Waals surface area (Å²) in [6, 6.07) is 8.49. The SMILES string of the molecule is CC(C)Cc1ccc([C@@H](CCCCN2CCCCC2)C(N)=O)cc1.Cl. The molecule has 1 amide bonds. The number of rotatable bonds is 9. The summed E-state index contributed by atoms with van der Waals surface area (Å²) in [5.74, 6) is 0.321. The fourth-order valence-corrected chi connectivity index (χ4v) is 3.70. The van der Waals surface area contributed by atoms with E-state index in [2.05, 4.69) is 43.0 Å². The van der Waals surface area contributed by atoms with E-state index in [0.29, 0.717) is 5.92 Å². The van der Waals surface area contributed by atoms with E-state index in [4.69, 9.17) is 5.73 Å². The molecule has 142 valence electrons. The number of primary amides is 1. The van der Waals surface area contributed by atoms with Crippen molar-refractivity contribution < 1.29 is 4.79 Å². The molecule has 1 fully saturated rings. The largest absolute Gasteiger partial charge is 0.369 e. The summed E-state index contributed by atoms with van der Waals surface area (Å²) in [7, 11) is 0. The van der Waals surface area contributed by atoms with E-state index >= 15 is 0 Å². The lowest BCUT2D eigenvalue weighted by Crippen LogP contribution is -2.30. The maximum absolute atomic E-state index is 11.9. The molecule has 1 aliphatic rings. The Labute approximate surface area is 159 Å². The minimum atomic E-state index is -0.190. The van der Waals surface area contributed by atoms with Crippen molar-refractivity contribution in [3.05, 3.63) is 35.4 Å². The lowest BCUT2D eigenvalue weighted by atomic mass is 9.91. The molecule has 1 heterocycles. The number of benzene rings is 1. The van der Waals surface area contributed by atoms with Crippen LogP contribution in [0.3, 0.4) is 0 Å². The Morgan fingerprint density at radius 1 is 1.08 bits per heavy atom. The van der Waals surface area contributed by atoms with E-state index in [1.807, 2.05) is 0 Å². The number of carbonyl (C=O) groups excluding carboxylic acids is 1. The van der Waals surface area contributed by atoms with E-state index in [1.54, 1.807) is 0 Å². The van der Waals surface area contributed by atoms with Crippen molar-refractivity contribution in [1.29, 1.82) is 0 Å². The Morgan fingerprint density at radius 2 is 1.72 bits per heavy atom. The number of piperidine rings is 1. The average Bonchev–Trinajstić information content (AvgIpc) is 2.56. The van der Waals surface area contributed by atoms with Gasteiger partial charge in [-0.15, -0.1) is 12.4 Å². The van der Waals surface area contributed by atoms with Crippen LogP contribution in [0, 0.1) is 5.92 Å². The first-order chi connectivity index (χ1) is 11.6. The second-order valence-corrected chi connectivity index (χ2v) is 7.69. The van der Waals surface area contributed by atoms with Crippen LogP contribution in [0.4, 0.5) is 0 Å². The van der Waals surface area contributed by atoms with Gasteiger partial charge in [0.15, 0.2) is 0 Å². The summed E-state index contributed by atoms with van der Waals surface area (Å²) in [6.45, 7) is 8.11. The van der Waals surface area contributed by atoms with Gasteiger partial charge in [-0.3, -0.25) is 4.79 Å². The normalized spacial score (nSPS) is 16.4.